The molecule has 0 aromatic heterocycles. The summed E-state index contributed by atoms with van der Waals surface area (Å²) in [6, 6.07) is 4.32. The lowest BCUT2D eigenvalue weighted by molar-refractivity contribution is 0.448. The third-order valence-electron chi connectivity index (χ3n) is 4.24. The third kappa shape index (κ3) is 2.20. The monoisotopic (exact) mass is 256 g/mol. The summed E-state index contributed by atoms with van der Waals surface area (Å²) in [5, 5.41) is -0.0564. The second-order valence-electron chi connectivity index (χ2n) is 5.42. The van der Waals surface area contributed by atoms with Gasteiger partial charge in [-0.2, -0.15) is 0 Å². The Morgan fingerprint density at radius 1 is 1.18 bits per heavy atom. The average molecular weight is 257 g/mol. The van der Waals surface area contributed by atoms with Crippen molar-refractivity contribution in [1.82, 2.24) is 0 Å². The van der Waals surface area contributed by atoms with Crippen LogP contribution in [0.15, 0.2) is 18.2 Å². The molecule has 1 aromatic carbocycles. The standard InChI is InChI=1S/C14H15ClF2/c15-12(11-5-9-4-10(9)6-11)7-8-2-1-3-13(16)14(8)17/h1-3,9-12H,4-7H2. The molecule has 17 heavy (non-hydrogen) atoms. The molecule has 2 saturated carbocycles. The molecule has 0 bridgehead atoms. The lowest BCUT2D eigenvalue weighted by atomic mass is 9.94. The van der Waals surface area contributed by atoms with E-state index < -0.39 is 11.6 Å². The van der Waals surface area contributed by atoms with E-state index in [0.29, 0.717) is 17.9 Å². The smallest absolute Gasteiger partial charge is 0.162 e. The van der Waals surface area contributed by atoms with E-state index >= 15 is 0 Å². The molecule has 0 N–H and O–H groups in total. The van der Waals surface area contributed by atoms with Crippen LogP contribution in [0.3, 0.4) is 0 Å². The molecule has 2 aliphatic rings. The minimum Gasteiger partial charge on any atom is -0.204 e. The van der Waals surface area contributed by atoms with Crippen molar-refractivity contribution in [2.75, 3.05) is 0 Å². The molecule has 3 heteroatoms. The Hall–Kier alpha value is -0.630. The normalized spacial score (nSPS) is 32.3. The summed E-state index contributed by atoms with van der Waals surface area (Å²) in [7, 11) is 0. The van der Waals surface area contributed by atoms with Gasteiger partial charge in [0.25, 0.3) is 0 Å². The van der Waals surface area contributed by atoms with Crippen LogP contribution in [-0.4, -0.2) is 5.38 Å². The number of hydrogen-bond acceptors (Lipinski definition) is 0. The highest BCUT2D eigenvalue weighted by Gasteiger charge is 2.47. The maximum absolute atomic E-state index is 13.5. The van der Waals surface area contributed by atoms with Crippen LogP contribution in [0, 0.1) is 29.4 Å². The molecule has 1 aromatic rings. The summed E-state index contributed by atoms with van der Waals surface area (Å²) in [6.45, 7) is 0. The highest BCUT2D eigenvalue weighted by Crippen LogP contribution is 2.56. The topological polar surface area (TPSA) is 0 Å². The molecule has 0 heterocycles. The maximum Gasteiger partial charge on any atom is 0.162 e. The van der Waals surface area contributed by atoms with Gasteiger partial charge < -0.3 is 0 Å². The van der Waals surface area contributed by atoms with Crippen molar-refractivity contribution in [3.8, 4) is 0 Å². The van der Waals surface area contributed by atoms with Crippen molar-refractivity contribution >= 4 is 11.6 Å². The number of rotatable bonds is 3. The molecule has 3 atom stereocenters. The lowest BCUT2D eigenvalue weighted by Gasteiger charge is -2.18. The fraction of sp³-hybridized carbons (Fsp3) is 0.571. The summed E-state index contributed by atoms with van der Waals surface area (Å²) in [5.41, 5.74) is 0.408. The molecular formula is C14H15ClF2. The minimum atomic E-state index is -0.777. The summed E-state index contributed by atoms with van der Waals surface area (Å²) in [4.78, 5) is 0. The van der Waals surface area contributed by atoms with Gasteiger partial charge in [0.1, 0.15) is 0 Å². The predicted octanol–water partition coefficient (Wildman–Crippen LogP) is 4.16. The highest BCUT2D eigenvalue weighted by atomic mass is 35.5. The van der Waals surface area contributed by atoms with Crippen LogP contribution < -0.4 is 0 Å². The van der Waals surface area contributed by atoms with E-state index in [1.807, 2.05) is 0 Å². The zero-order valence-electron chi connectivity index (χ0n) is 9.50. The summed E-state index contributed by atoms with van der Waals surface area (Å²) in [6.07, 6.45) is 4.15. The molecule has 3 rings (SSSR count). The summed E-state index contributed by atoms with van der Waals surface area (Å²) >= 11 is 6.34. The molecule has 0 radical (unpaired) electrons. The van der Waals surface area contributed by atoms with E-state index in [0.717, 1.165) is 17.9 Å². The van der Waals surface area contributed by atoms with E-state index in [9.17, 15) is 8.78 Å². The van der Waals surface area contributed by atoms with Crippen molar-refractivity contribution in [3.63, 3.8) is 0 Å². The molecule has 0 amide bonds. The van der Waals surface area contributed by atoms with Crippen molar-refractivity contribution in [2.45, 2.75) is 31.1 Å². The Labute approximate surface area is 105 Å². The van der Waals surface area contributed by atoms with Crippen LogP contribution in [0.2, 0.25) is 0 Å². The zero-order valence-corrected chi connectivity index (χ0v) is 10.3. The lowest BCUT2D eigenvalue weighted by Crippen LogP contribution is -2.17. The first-order chi connectivity index (χ1) is 8.15. The van der Waals surface area contributed by atoms with E-state index in [1.165, 1.54) is 19.3 Å². The molecule has 0 aliphatic heterocycles. The third-order valence-corrected chi connectivity index (χ3v) is 4.75. The van der Waals surface area contributed by atoms with Crippen molar-refractivity contribution in [3.05, 3.63) is 35.4 Å². The number of hydrogen-bond donors (Lipinski definition) is 0. The molecular weight excluding hydrogens is 242 g/mol. The van der Waals surface area contributed by atoms with E-state index in [4.69, 9.17) is 11.6 Å². The average Bonchev–Trinajstić information content (AvgIpc) is 2.92. The van der Waals surface area contributed by atoms with Gasteiger partial charge in [-0.15, -0.1) is 11.6 Å². The van der Waals surface area contributed by atoms with Gasteiger partial charge in [-0.05, 0) is 55.1 Å². The van der Waals surface area contributed by atoms with Gasteiger partial charge in [-0.3, -0.25) is 0 Å². The fourth-order valence-electron chi connectivity index (χ4n) is 3.14. The SMILES string of the molecule is Fc1cccc(CC(Cl)C2CC3CC3C2)c1F. The van der Waals surface area contributed by atoms with Crippen molar-refractivity contribution in [1.29, 1.82) is 0 Å². The molecule has 92 valence electrons. The first kappa shape index (κ1) is 11.5. The van der Waals surface area contributed by atoms with Gasteiger partial charge in [0.2, 0.25) is 0 Å². The number of benzene rings is 1. The Bertz CT molecular complexity index is 422. The van der Waals surface area contributed by atoms with E-state index in [2.05, 4.69) is 0 Å². The van der Waals surface area contributed by atoms with Crippen molar-refractivity contribution < 1.29 is 8.78 Å². The van der Waals surface area contributed by atoms with Crippen LogP contribution in [0.4, 0.5) is 8.78 Å². The number of alkyl halides is 1. The fourth-order valence-corrected chi connectivity index (χ4v) is 3.51. The molecule has 0 spiro atoms. The van der Waals surface area contributed by atoms with Gasteiger partial charge in [0.05, 0.1) is 0 Å². The second kappa shape index (κ2) is 4.24. The first-order valence-electron chi connectivity index (χ1n) is 6.22. The van der Waals surface area contributed by atoms with Gasteiger partial charge in [-0.25, -0.2) is 8.78 Å². The zero-order chi connectivity index (χ0) is 12.0. The van der Waals surface area contributed by atoms with Crippen molar-refractivity contribution in [2.24, 2.45) is 17.8 Å². The predicted molar refractivity (Wildman–Crippen MR) is 64.0 cm³/mol. The highest BCUT2D eigenvalue weighted by molar-refractivity contribution is 6.21. The molecule has 0 nitrogen and oxygen atoms in total. The number of fused-ring (bicyclic) bond motifs is 1. The molecule has 3 unspecified atom stereocenters. The Balaban J connectivity index is 1.67. The van der Waals surface area contributed by atoms with Crippen LogP contribution in [0.1, 0.15) is 24.8 Å². The van der Waals surface area contributed by atoms with Crippen LogP contribution >= 0.6 is 11.6 Å². The summed E-state index contributed by atoms with van der Waals surface area (Å²) < 4.78 is 26.6. The second-order valence-corrected chi connectivity index (χ2v) is 5.98. The van der Waals surface area contributed by atoms with E-state index in [1.54, 1.807) is 12.1 Å². The van der Waals surface area contributed by atoms with Gasteiger partial charge >= 0.3 is 0 Å². The Morgan fingerprint density at radius 3 is 2.59 bits per heavy atom. The van der Waals surface area contributed by atoms with Gasteiger partial charge in [0.15, 0.2) is 11.6 Å². The molecule has 0 saturated heterocycles. The van der Waals surface area contributed by atoms with Crippen LogP contribution in [0.25, 0.3) is 0 Å². The Kier molecular flexibility index (Phi) is 2.86. The van der Waals surface area contributed by atoms with E-state index in [-0.39, 0.29) is 5.38 Å². The van der Waals surface area contributed by atoms with Crippen LogP contribution in [0.5, 0.6) is 0 Å². The minimum absolute atomic E-state index is 0.0564. The number of halogens is 3. The quantitative estimate of drug-likeness (QED) is 0.713. The van der Waals surface area contributed by atoms with Gasteiger partial charge in [-0.1, -0.05) is 12.1 Å². The Morgan fingerprint density at radius 2 is 1.88 bits per heavy atom. The molecule has 2 fully saturated rings. The summed E-state index contributed by atoms with van der Waals surface area (Å²) in [5.74, 6) is 0.724. The van der Waals surface area contributed by atoms with Crippen LogP contribution in [-0.2, 0) is 6.42 Å². The maximum atomic E-state index is 13.5. The molecule has 2 aliphatic carbocycles. The first-order valence-corrected chi connectivity index (χ1v) is 6.65. The van der Waals surface area contributed by atoms with Gasteiger partial charge in [0, 0.05) is 5.38 Å². The largest absolute Gasteiger partial charge is 0.204 e.